The van der Waals surface area contributed by atoms with Crippen LogP contribution in [0.25, 0.3) is 22.8 Å². The van der Waals surface area contributed by atoms with Gasteiger partial charge in [-0.05, 0) is 31.2 Å². The first kappa shape index (κ1) is 14.3. The first-order valence-electron chi connectivity index (χ1n) is 6.52. The molecule has 0 unspecified atom stereocenters. The van der Waals surface area contributed by atoms with Crippen LogP contribution in [-0.2, 0) is 6.18 Å². The van der Waals surface area contributed by atoms with Crippen LogP contribution in [-0.4, -0.2) is 10.1 Å². The van der Waals surface area contributed by atoms with E-state index in [9.17, 15) is 13.2 Å². The molecule has 22 heavy (non-hydrogen) atoms. The molecule has 3 nitrogen and oxygen atoms in total. The Morgan fingerprint density at radius 2 is 1.68 bits per heavy atom. The molecule has 3 aromatic rings. The van der Waals surface area contributed by atoms with Gasteiger partial charge in [-0.1, -0.05) is 35.0 Å². The van der Waals surface area contributed by atoms with Crippen molar-refractivity contribution in [2.24, 2.45) is 0 Å². The Balaban J connectivity index is 1.98. The van der Waals surface area contributed by atoms with Gasteiger partial charge in [0.15, 0.2) is 0 Å². The van der Waals surface area contributed by atoms with Crippen LogP contribution in [0.2, 0.25) is 0 Å². The van der Waals surface area contributed by atoms with Crippen LogP contribution in [0.5, 0.6) is 0 Å². The average Bonchev–Trinajstić information content (AvgIpc) is 2.96. The quantitative estimate of drug-likeness (QED) is 0.687. The predicted molar refractivity (Wildman–Crippen MR) is 74.9 cm³/mol. The minimum Gasteiger partial charge on any atom is -0.334 e. The molecule has 0 aliphatic carbocycles. The lowest BCUT2D eigenvalue weighted by Crippen LogP contribution is -2.04. The van der Waals surface area contributed by atoms with Gasteiger partial charge in [-0.25, -0.2) is 0 Å². The van der Waals surface area contributed by atoms with Crippen LogP contribution in [0.1, 0.15) is 11.1 Å². The van der Waals surface area contributed by atoms with Crippen LogP contribution < -0.4 is 0 Å². The van der Waals surface area contributed by atoms with E-state index in [-0.39, 0.29) is 17.3 Å². The summed E-state index contributed by atoms with van der Waals surface area (Å²) in [6.45, 7) is 1.92. The molecule has 0 radical (unpaired) electrons. The second-order valence-corrected chi connectivity index (χ2v) is 4.87. The summed E-state index contributed by atoms with van der Waals surface area (Å²) in [5, 5.41) is 3.76. The molecule has 0 aliphatic heterocycles. The summed E-state index contributed by atoms with van der Waals surface area (Å²) in [5.41, 5.74) is 1.27. The van der Waals surface area contributed by atoms with Crippen LogP contribution in [0.3, 0.4) is 0 Å². The zero-order valence-corrected chi connectivity index (χ0v) is 11.6. The minimum atomic E-state index is -4.40. The fourth-order valence-corrected chi connectivity index (χ4v) is 2.07. The van der Waals surface area contributed by atoms with Gasteiger partial charge in [0.1, 0.15) is 0 Å². The highest BCUT2D eigenvalue weighted by atomic mass is 19.4. The Kier molecular flexibility index (Phi) is 3.44. The Hall–Kier alpha value is -2.63. The van der Waals surface area contributed by atoms with Crippen molar-refractivity contribution < 1.29 is 17.7 Å². The number of hydrogen-bond acceptors (Lipinski definition) is 3. The van der Waals surface area contributed by atoms with Crippen LogP contribution in [0.4, 0.5) is 13.2 Å². The second-order valence-electron chi connectivity index (χ2n) is 4.87. The molecule has 3 rings (SSSR count). The van der Waals surface area contributed by atoms with E-state index in [0.717, 1.165) is 23.3 Å². The van der Waals surface area contributed by atoms with Gasteiger partial charge in [-0.3, -0.25) is 0 Å². The summed E-state index contributed by atoms with van der Waals surface area (Å²) in [6.07, 6.45) is -4.40. The van der Waals surface area contributed by atoms with Crippen molar-refractivity contribution in [3.8, 4) is 22.8 Å². The third kappa shape index (κ3) is 2.86. The molecular weight excluding hydrogens is 293 g/mol. The van der Waals surface area contributed by atoms with Gasteiger partial charge in [0.25, 0.3) is 5.89 Å². The van der Waals surface area contributed by atoms with Crippen molar-refractivity contribution in [1.82, 2.24) is 10.1 Å². The predicted octanol–water partition coefficient (Wildman–Crippen LogP) is 4.73. The van der Waals surface area contributed by atoms with E-state index in [1.54, 1.807) is 6.07 Å². The Morgan fingerprint density at radius 3 is 2.41 bits per heavy atom. The smallest absolute Gasteiger partial charge is 0.334 e. The molecule has 0 atom stereocenters. The van der Waals surface area contributed by atoms with E-state index in [4.69, 9.17) is 4.52 Å². The first-order chi connectivity index (χ1) is 10.4. The number of alkyl halides is 3. The van der Waals surface area contributed by atoms with E-state index in [2.05, 4.69) is 10.1 Å². The average molecular weight is 304 g/mol. The molecule has 0 saturated heterocycles. The van der Waals surface area contributed by atoms with Crippen LogP contribution in [0, 0.1) is 6.92 Å². The molecule has 0 spiro atoms. The molecule has 0 aliphatic rings. The molecule has 0 N–H and O–H groups in total. The topological polar surface area (TPSA) is 38.9 Å². The first-order valence-corrected chi connectivity index (χ1v) is 6.52. The van der Waals surface area contributed by atoms with Crippen molar-refractivity contribution in [3.05, 3.63) is 59.7 Å². The normalized spacial score (nSPS) is 11.6. The van der Waals surface area contributed by atoms with Crippen LogP contribution in [0.15, 0.2) is 53.1 Å². The van der Waals surface area contributed by atoms with Crippen molar-refractivity contribution in [2.75, 3.05) is 0 Å². The molecule has 1 heterocycles. The molecule has 6 heteroatoms. The van der Waals surface area contributed by atoms with Gasteiger partial charge >= 0.3 is 6.18 Å². The summed E-state index contributed by atoms with van der Waals surface area (Å²) in [7, 11) is 0. The Labute approximate surface area is 124 Å². The number of benzene rings is 2. The molecule has 2 aromatic carbocycles. The highest BCUT2D eigenvalue weighted by Crippen LogP contribution is 2.32. The number of nitrogens with zero attached hydrogens (tertiary/aromatic N) is 2. The number of halogens is 3. The van der Waals surface area contributed by atoms with E-state index in [1.807, 2.05) is 25.1 Å². The summed E-state index contributed by atoms with van der Waals surface area (Å²) < 4.78 is 43.3. The Bertz CT molecular complexity index is 809. The van der Waals surface area contributed by atoms with Gasteiger partial charge < -0.3 is 4.52 Å². The standard InChI is InChI=1S/C16H11F3N2O/c1-10-4-2-6-12(8-10)15-20-14(21-22-15)11-5-3-7-13(9-11)16(17,18)19/h2-9H,1H3. The highest BCUT2D eigenvalue weighted by molar-refractivity contribution is 5.61. The third-order valence-electron chi connectivity index (χ3n) is 3.14. The van der Waals surface area contributed by atoms with E-state index >= 15 is 0 Å². The van der Waals surface area contributed by atoms with Crippen molar-refractivity contribution in [1.29, 1.82) is 0 Å². The maximum Gasteiger partial charge on any atom is 0.416 e. The number of aryl methyl sites for hydroxylation is 1. The van der Waals surface area contributed by atoms with Crippen molar-refractivity contribution in [3.63, 3.8) is 0 Å². The van der Waals surface area contributed by atoms with Gasteiger partial charge in [0.05, 0.1) is 5.56 Å². The molecule has 0 bridgehead atoms. The summed E-state index contributed by atoms with van der Waals surface area (Å²) in [6, 6.07) is 12.3. The zero-order chi connectivity index (χ0) is 15.7. The van der Waals surface area contributed by atoms with Crippen LogP contribution >= 0.6 is 0 Å². The van der Waals surface area contributed by atoms with Gasteiger partial charge in [-0.2, -0.15) is 18.2 Å². The van der Waals surface area contributed by atoms with Crippen molar-refractivity contribution in [2.45, 2.75) is 13.1 Å². The molecular formula is C16H11F3N2O. The highest BCUT2D eigenvalue weighted by Gasteiger charge is 2.30. The maximum atomic E-state index is 12.7. The summed E-state index contributed by atoms with van der Waals surface area (Å²) in [5.74, 6) is 0.402. The second kappa shape index (κ2) is 5.29. The van der Waals surface area contributed by atoms with Gasteiger partial charge in [-0.15, -0.1) is 0 Å². The fourth-order valence-electron chi connectivity index (χ4n) is 2.07. The lowest BCUT2D eigenvalue weighted by Gasteiger charge is -2.06. The number of aromatic nitrogens is 2. The van der Waals surface area contributed by atoms with E-state index < -0.39 is 11.7 Å². The summed E-state index contributed by atoms with van der Waals surface area (Å²) >= 11 is 0. The molecule has 112 valence electrons. The van der Waals surface area contributed by atoms with Gasteiger partial charge in [0.2, 0.25) is 5.82 Å². The largest absolute Gasteiger partial charge is 0.416 e. The lowest BCUT2D eigenvalue weighted by molar-refractivity contribution is -0.137. The SMILES string of the molecule is Cc1cccc(-c2nc(-c3cccc(C(F)(F)F)c3)no2)c1. The minimum absolute atomic E-state index is 0.127. The number of hydrogen-bond donors (Lipinski definition) is 0. The van der Waals surface area contributed by atoms with Crippen molar-refractivity contribution >= 4 is 0 Å². The van der Waals surface area contributed by atoms with E-state index in [1.165, 1.54) is 12.1 Å². The van der Waals surface area contributed by atoms with Gasteiger partial charge in [0, 0.05) is 11.1 Å². The summed E-state index contributed by atoms with van der Waals surface area (Å²) in [4.78, 5) is 4.17. The molecule has 0 amide bonds. The number of rotatable bonds is 2. The lowest BCUT2D eigenvalue weighted by atomic mass is 10.1. The molecule has 0 saturated carbocycles. The third-order valence-corrected chi connectivity index (χ3v) is 3.14. The molecule has 1 aromatic heterocycles. The maximum absolute atomic E-state index is 12.7. The fraction of sp³-hybridized carbons (Fsp3) is 0.125. The zero-order valence-electron chi connectivity index (χ0n) is 11.6. The molecule has 0 fully saturated rings. The van der Waals surface area contributed by atoms with E-state index in [0.29, 0.717) is 0 Å². The Morgan fingerprint density at radius 1 is 0.955 bits per heavy atom. The monoisotopic (exact) mass is 304 g/mol.